The minimum atomic E-state index is 0.554. The van der Waals surface area contributed by atoms with Crippen molar-refractivity contribution in [3.8, 4) is 0 Å². The fraction of sp³-hybridized carbons (Fsp3) is 1.00. The smallest absolute Gasteiger partial charge is 0.0619 e. The first-order valence-electron chi connectivity index (χ1n) is 7.05. The molecule has 2 unspecified atom stereocenters. The highest BCUT2D eigenvalue weighted by Crippen LogP contribution is 2.06. The molecule has 2 heteroatoms. The van der Waals surface area contributed by atoms with E-state index in [2.05, 4.69) is 33.0 Å². The largest absolute Gasteiger partial charge is 0.380 e. The SMILES string of the molecule is CCCNC(CCC)COCC(C)CCC. The molecule has 98 valence electrons. The van der Waals surface area contributed by atoms with Crippen LogP contribution in [-0.4, -0.2) is 25.8 Å². The van der Waals surface area contributed by atoms with E-state index in [-0.39, 0.29) is 0 Å². The van der Waals surface area contributed by atoms with Gasteiger partial charge in [0.15, 0.2) is 0 Å². The Balaban J connectivity index is 3.57. The average Bonchev–Trinajstić information content (AvgIpc) is 2.26. The van der Waals surface area contributed by atoms with Crippen molar-refractivity contribution in [1.82, 2.24) is 5.32 Å². The van der Waals surface area contributed by atoms with Crippen LogP contribution in [0.5, 0.6) is 0 Å². The molecule has 2 atom stereocenters. The van der Waals surface area contributed by atoms with Gasteiger partial charge in [-0.2, -0.15) is 0 Å². The second kappa shape index (κ2) is 11.4. The van der Waals surface area contributed by atoms with Gasteiger partial charge in [0.05, 0.1) is 6.61 Å². The molecule has 0 spiro atoms. The van der Waals surface area contributed by atoms with E-state index in [0.717, 1.165) is 19.8 Å². The first-order valence-corrected chi connectivity index (χ1v) is 7.05. The maximum atomic E-state index is 5.80. The minimum Gasteiger partial charge on any atom is -0.380 e. The first-order chi connectivity index (χ1) is 7.74. The molecule has 0 saturated heterocycles. The van der Waals surface area contributed by atoms with Crippen LogP contribution in [0.15, 0.2) is 0 Å². The molecule has 0 heterocycles. The Labute approximate surface area is 102 Å². The summed E-state index contributed by atoms with van der Waals surface area (Å²) in [5, 5.41) is 3.55. The highest BCUT2D eigenvalue weighted by Gasteiger charge is 2.07. The van der Waals surface area contributed by atoms with E-state index in [4.69, 9.17) is 4.74 Å². The maximum Gasteiger partial charge on any atom is 0.0619 e. The number of rotatable bonds is 11. The predicted octanol–water partition coefficient (Wildman–Crippen LogP) is 3.61. The lowest BCUT2D eigenvalue weighted by Crippen LogP contribution is -2.34. The molecular formula is C14H31NO. The molecule has 0 bridgehead atoms. The fourth-order valence-electron chi connectivity index (χ4n) is 1.93. The molecule has 16 heavy (non-hydrogen) atoms. The van der Waals surface area contributed by atoms with Crippen LogP contribution < -0.4 is 5.32 Å². The molecule has 0 aromatic rings. The number of ether oxygens (including phenoxy) is 1. The van der Waals surface area contributed by atoms with Gasteiger partial charge >= 0.3 is 0 Å². The molecule has 0 aromatic carbocycles. The van der Waals surface area contributed by atoms with Crippen LogP contribution in [0.25, 0.3) is 0 Å². The van der Waals surface area contributed by atoms with Crippen LogP contribution in [-0.2, 0) is 4.74 Å². The van der Waals surface area contributed by atoms with Crippen LogP contribution in [0.1, 0.15) is 59.8 Å². The molecule has 0 aliphatic heterocycles. The van der Waals surface area contributed by atoms with Gasteiger partial charge in [-0.25, -0.2) is 0 Å². The van der Waals surface area contributed by atoms with E-state index in [0.29, 0.717) is 12.0 Å². The Kier molecular flexibility index (Phi) is 11.3. The summed E-state index contributed by atoms with van der Waals surface area (Å²) in [7, 11) is 0. The number of hydrogen-bond donors (Lipinski definition) is 1. The highest BCUT2D eigenvalue weighted by atomic mass is 16.5. The van der Waals surface area contributed by atoms with Crippen LogP contribution in [0.2, 0.25) is 0 Å². The fourth-order valence-corrected chi connectivity index (χ4v) is 1.93. The molecule has 0 saturated carbocycles. The molecule has 0 radical (unpaired) electrons. The second-order valence-electron chi connectivity index (χ2n) is 4.87. The molecule has 2 nitrogen and oxygen atoms in total. The van der Waals surface area contributed by atoms with E-state index in [1.54, 1.807) is 0 Å². The van der Waals surface area contributed by atoms with E-state index in [1.165, 1.54) is 32.1 Å². The summed E-state index contributed by atoms with van der Waals surface area (Å²) in [5.74, 6) is 0.707. The first kappa shape index (κ1) is 15.9. The van der Waals surface area contributed by atoms with Crippen molar-refractivity contribution in [1.29, 1.82) is 0 Å². The van der Waals surface area contributed by atoms with E-state index in [1.807, 2.05) is 0 Å². The van der Waals surface area contributed by atoms with Gasteiger partial charge in [0, 0.05) is 12.6 Å². The lowest BCUT2D eigenvalue weighted by atomic mass is 10.1. The number of nitrogens with one attached hydrogen (secondary N) is 1. The van der Waals surface area contributed by atoms with Crippen molar-refractivity contribution in [2.45, 2.75) is 65.8 Å². The van der Waals surface area contributed by atoms with Crippen molar-refractivity contribution in [2.75, 3.05) is 19.8 Å². The van der Waals surface area contributed by atoms with Crippen LogP contribution in [0.3, 0.4) is 0 Å². The minimum absolute atomic E-state index is 0.554. The zero-order valence-electron chi connectivity index (χ0n) is 11.7. The van der Waals surface area contributed by atoms with E-state index >= 15 is 0 Å². The van der Waals surface area contributed by atoms with Gasteiger partial charge in [0.25, 0.3) is 0 Å². The normalized spacial score (nSPS) is 15.0. The third-order valence-electron chi connectivity index (χ3n) is 2.82. The van der Waals surface area contributed by atoms with Crippen LogP contribution in [0, 0.1) is 5.92 Å². The molecule has 1 N–H and O–H groups in total. The Morgan fingerprint density at radius 2 is 1.62 bits per heavy atom. The molecular weight excluding hydrogens is 198 g/mol. The molecule has 0 amide bonds. The number of hydrogen-bond acceptors (Lipinski definition) is 2. The zero-order valence-corrected chi connectivity index (χ0v) is 11.7. The quantitative estimate of drug-likeness (QED) is 0.584. The summed E-state index contributed by atoms with van der Waals surface area (Å²) in [6.45, 7) is 11.9. The lowest BCUT2D eigenvalue weighted by Gasteiger charge is -2.19. The van der Waals surface area contributed by atoms with Gasteiger partial charge in [-0.15, -0.1) is 0 Å². The molecule has 0 aliphatic rings. The Morgan fingerprint density at radius 1 is 0.938 bits per heavy atom. The van der Waals surface area contributed by atoms with Gasteiger partial charge in [0.1, 0.15) is 0 Å². The summed E-state index contributed by atoms with van der Waals surface area (Å²) >= 11 is 0. The van der Waals surface area contributed by atoms with Gasteiger partial charge in [-0.05, 0) is 31.7 Å². The average molecular weight is 229 g/mol. The summed E-state index contributed by atoms with van der Waals surface area (Å²) in [6, 6.07) is 0.554. The van der Waals surface area contributed by atoms with E-state index < -0.39 is 0 Å². The standard InChI is InChI=1S/C14H31NO/c1-5-8-13(4)11-16-12-14(9-6-2)15-10-7-3/h13-15H,5-12H2,1-4H3. The summed E-state index contributed by atoms with van der Waals surface area (Å²) in [5.41, 5.74) is 0. The van der Waals surface area contributed by atoms with Crippen molar-refractivity contribution in [3.63, 3.8) is 0 Å². The molecule has 0 aromatic heterocycles. The van der Waals surface area contributed by atoms with Crippen molar-refractivity contribution in [2.24, 2.45) is 5.92 Å². The summed E-state index contributed by atoms with van der Waals surface area (Å²) in [6.07, 6.45) is 6.20. The second-order valence-corrected chi connectivity index (χ2v) is 4.87. The molecule has 0 aliphatic carbocycles. The summed E-state index contributed by atoms with van der Waals surface area (Å²) in [4.78, 5) is 0. The van der Waals surface area contributed by atoms with Gasteiger partial charge in [-0.1, -0.05) is 40.5 Å². The molecule has 0 fully saturated rings. The van der Waals surface area contributed by atoms with Gasteiger partial charge in [-0.3, -0.25) is 0 Å². The topological polar surface area (TPSA) is 21.3 Å². The van der Waals surface area contributed by atoms with Crippen LogP contribution >= 0.6 is 0 Å². The third-order valence-corrected chi connectivity index (χ3v) is 2.82. The third kappa shape index (κ3) is 9.17. The van der Waals surface area contributed by atoms with Gasteiger partial charge in [0.2, 0.25) is 0 Å². The maximum absolute atomic E-state index is 5.80. The van der Waals surface area contributed by atoms with Crippen molar-refractivity contribution in [3.05, 3.63) is 0 Å². The lowest BCUT2D eigenvalue weighted by molar-refractivity contribution is 0.0812. The molecule has 0 rings (SSSR count). The van der Waals surface area contributed by atoms with E-state index in [9.17, 15) is 0 Å². The summed E-state index contributed by atoms with van der Waals surface area (Å²) < 4.78 is 5.80. The zero-order chi connectivity index (χ0) is 12.2. The Bertz CT molecular complexity index is 139. The highest BCUT2D eigenvalue weighted by molar-refractivity contribution is 4.65. The van der Waals surface area contributed by atoms with Crippen LogP contribution in [0.4, 0.5) is 0 Å². The Hall–Kier alpha value is -0.0800. The monoisotopic (exact) mass is 229 g/mol. The van der Waals surface area contributed by atoms with Crippen molar-refractivity contribution >= 4 is 0 Å². The van der Waals surface area contributed by atoms with Crippen molar-refractivity contribution < 1.29 is 4.74 Å². The van der Waals surface area contributed by atoms with Gasteiger partial charge < -0.3 is 10.1 Å². The Morgan fingerprint density at radius 3 is 2.19 bits per heavy atom. The predicted molar refractivity (Wildman–Crippen MR) is 71.9 cm³/mol.